The lowest BCUT2D eigenvalue weighted by Gasteiger charge is -2.33. The highest BCUT2D eigenvalue weighted by atomic mass is 16.4. The number of nitrogens with zero attached hydrogens (tertiary/aromatic N) is 1. The average Bonchev–Trinajstić information content (AvgIpc) is 2.88. The summed E-state index contributed by atoms with van der Waals surface area (Å²) in [4.78, 5) is 13.4. The number of hydrogen-bond acceptors (Lipinski definition) is 2. The largest absolute Gasteiger partial charge is 0.481 e. The van der Waals surface area contributed by atoms with Crippen LogP contribution >= 0.6 is 0 Å². The standard InChI is InChI=1S/C11H19NO2/c1-12-6-2-3-9(7-12)10(11(13)14)8-4-5-8/h8-10H,2-7H2,1H3,(H,13,14). The summed E-state index contributed by atoms with van der Waals surface area (Å²) in [5.74, 6) is 0.272. The van der Waals surface area contributed by atoms with Crippen molar-refractivity contribution in [3.8, 4) is 0 Å². The van der Waals surface area contributed by atoms with Gasteiger partial charge in [0.25, 0.3) is 0 Å². The summed E-state index contributed by atoms with van der Waals surface area (Å²) in [6.07, 6.45) is 4.55. The first-order chi connectivity index (χ1) is 6.68. The molecule has 1 heterocycles. The van der Waals surface area contributed by atoms with Gasteiger partial charge in [-0.2, -0.15) is 0 Å². The number of carboxylic acid groups (broad SMARTS) is 1. The number of carbonyl (C=O) groups is 1. The Morgan fingerprint density at radius 1 is 1.36 bits per heavy atom. The molecule has 3 nitrogen and oxygen atoms in total. The number of rotatable bonds is 3. The molecule has 14 heavy (non-hydrogen) atoms. The lowest BCUT2D eigenvalue weighted by atomic mass is 9.82. The molecule has 0 aromatic rings. The maximum atomic E-state index is 11.2. The molecule has 1 aliphatic carbocycles. The normalized spacial score (nSPS) is 31.4. The highest BCUT2D eigenvalue weighted by molar-refractivity contribution is 5.71. The van der Waals surface area contributed by atoms with Gasteiger partial charge >= 0.3 is 5.97 Å². The number of likely N-dealkylation sites (tertiary alicyclic amines) is 1. The molecule has 0 aromatic heterocycles. The summed E-state index contributed by atoms with van der Waals surface area (Å²) in [5.41, 5.74) is 0. The lowest BCUT2D eigenvalue weighted by Crippen LogP contribution is -2.39. The highest BCUT2D eigenvalue weighted by Crippen LogP contribution is 2.42. The molecular weight excluding hydrogens is 178 g/mol. The fourth-order valence-electron chi connectivity index (χ4n) is 2.74. The maximum Gasteiger partial charge on any atom is 0.307 e. The Kier molecular flexibility index (Phi) is 2.77. The molecule has 2 rings (SSSR count). The van der Waals surface area contributed by atoms with E-state index in [0.717, 1.165) is 38.8 Å². The number of piperidine rings is 1. The van der Waals surface area contributed by atoms with Crippen LogP contribution in [0.4, 0.5) is 0 Å². The van der Waals surface area contributed by atoms with E-state index in [1.54, 1.807) is 0 Å². The molecule has 1 saturated heterocycles. The third kappa shape index (κ3) is 2.08. The summed E-state index contributed by atoms with van der Waals surface area (Å²) in [5, 5.41) is 9.20. The molecule has 2 aliphatic rings. The van der Waals surface area contributed by atoms with Gasteiger partial charge in [-0.1, -0.05) is 0 Å². The summed E-state index contributed by atoms with van der Waals surface area (Å²) < 4.78 is 0. The van der Waals surface area contributed by atoms with Crippen molar-refractivity contribution in [2.75, 3.05) is 20.1 Å². The summed E-state index contributed by atoms with van der Waals surface area (Å²) >= 11 is 0. The molecule has 3 heteroatoms. The van der Waals surface area contributed by atoms with Crippen LogP contribution in [0.5, 0.6) is 0 Å². The second-order valence-corrected chi connectivity index (χ2v) is 4.87. The minimum absolute atomic E-state index is 0.0576. The average molecular weight is 197 g/mol. The summed E-state index contributed by atoms with van der Waals surface area (Å²) in [6, 6.07) is 0. The van der Waals surface area contributed by atoms with E-state index in [-0.39, 0.29) is 5.92 Å². The number of aliphatic carboxylic acids is 1. The van der Waals surface area contributed by atoms with Crippen LogP contribution in [-0.2, 0) is 4.79 Å². The predicted octanol–water partition coefficient (Wildman–Crippen LogP) is 1.44. The van der Waals surface area contributed by atoms with Crippen LogP contribution in [0.1, 0.15) is 25.7 Å². The van der Waals surface area contributed by atoms with Gasteiger partial charge in [-0.3, -0.25) is 4.79 Å². The van der Waals surface area contributed by atoms with E-state index in [4.69, 9.17) is 0 Å². The molecule has 0 aromatic carbocycles. The maximum absolute atomic E-state index is 11.2. The zero-order chi connectivity index (χ0) is 10.1. The van der Waals surface area contributed by atoms with E-state index >= 15 is 0 Å². The van der Waals surface area contributed by atoms with Gasteiger partial charge in [0.1, 0.15) is 0 Å². The Labute approximate surface area is 85.1 Å². The SMILES string of the molecule is CN1CCCC(C(C(=O)O)C2CC2)C1. The molecule has 2 atom stereocenters. The quantitative estimate of drug-likeness (QED) is 0.744. The zero-order valence-electron chi connectivity index (χ0n) is 8.78. The van der Waals surface area contributed by atoms with Crippen LogP contribution < -0.4 is 0 Å². The summed E-state index contributed by atoms with van der Waals surface area (Å²) in [6.45, 7) is 2.11. The Morgan fingerprint density at radius 2 is 2.07 bits per heavy atom. The molecule has 80 valence electrons. The predicted molar refractivity (Wildman–Crippen MR) is 54.1 cm³/mol. The molecule has 2 unspecified atom stereocenters. The second-order valence-electron chi connectivity index (χ2n) is 4.87. The monoisotopic (exact) mass is 197 g/mol. The first-order valence-corrected chi connectivity index (χ1v) is 5.60. The molecule has 2 fully saturated rings. The van der Waals surface area contributed by atoms with Crippen molar-refractivity contribution in [1.29, 1.82) is 0 Å². The Hall–Kier alpha value is -0.570. The van der Waals surface area contributed by atoms with Gasteiger partial charge in [0.2, 0.25) is 0 Å². The van der Waals surface area contributed by atoms with Crippen LogP contribution in [0.3, 0.4) is 0 Å². The lowest BCUT2D eigenvalue weighted by molar-refractivity contribution is -0.145. The third-order valence-electron chi connectivity index (χ3n) is 3.58. The van der Waals surface area contributed by atoms with Crippen molar-refractivity contribution in [3.05, 3.63) is 0 Å². The van der Waals surface area contributed by atoms with Gasteiger partial charge in [0.15, 0.2) is 0 Å². The molecule has 0 radical (unpaired) electrons. The topological polar surface area (TPSA) is 40.5 Å². The second kappa shape index (κ2) is 3.89. The minimum atomic E-state index is -0.562. The van der Waals surface area contributed by atoms with Crippen molar-refractivity contribution in [2.45, 2.75) is 25.7 Å². The van der Waals surface area contributed by atoms with E-state index in [1.165, 1.54) is 0 Å². The van der Waals surface area contributed by atoms with Crippen LogP contribution in [-0.4, -0.2) is 36.1 Å². The first kappa shape index (κ1) is 9.97. The van der Waals surface area contributed by atoms with E-state index < -0.39 is 5.97 Å². The van der Waals surface area contributed by atoms with Crippen molar-refractivity contribution >= 4 is 5.97 Å². The van der Waals surface area contributed by atoms with Gasteiger partial charge in [0.05, 0.1) is 5.92 Å². The fraction of sp³-hybridized carbons (Fsp3) is 0.909. The van der Waals surface area contributed by atoms with Gasteiger partial charge < -0.3 is 10.0 Å². The van der Waals surface area contributed by atoms with E-state index in [0.29, 0.717) is 11.8 Å². The van der Waals surface area contributed by atoms with Crippen molar-refractivity contribution < 1.29 is 9.90 Å². The Morgan fingerprint density at radius 3 is 2.57 bits per heavy atom. The van der Waals surface area contributed by atoms with Crippen LogP contribution in [0.25, 0.3) is 0 Å². The van der Waals surface area contributed by atoms with Crippen LogP contribution in [0.15, 0.2) is 0 Å². The van der Waals surface area contributed by atoms with Gasteiger partial charge in [0, 0.05) is 6.54 Å². The van der Waals surface area contributed by atoms with Crippen molar-refractivity contribution in [2.24, 2.45) is 17.8 Å². The highest BCUT2D eigenvalue weighted by Gasteiger charge is 2.42. The molecule has 0 bridgehead atoms. The smallest absolute Gasteiger partial charge is 0.307 e. The number of hydrogen-bond donors (Lipinski definition) is 1. The molecule has 0 amide bonds. The number of carboxylic acids is 1. The van der Waals surface area contributed by atoms with E-state index in [9.17, 15) is 9.90 Å². The molecule has 1 N–H and O–H groups in total. The third-order valence-corrected chi connectivity index (χ3v) is 3.58. The Balaban J connectivity index is 1.98. The van der Waals surface area contributed by atoms with Crippen LogP contribution in [0.2, 0.25) is 0 Å². The van der Waals surface area contributed by atoms with Gasteiger partial charge in [-0.25, -0.2) is 0 Å². The van der Waals surface area contributed by atoms with E-state index in [1.807, 2.05) is 0 Å². The molecular formula is C11H19NO2. The molecule has 1 aliphatic heterocycles. The van der Waals surface area contributed by atoms with Crippen molar-refractivity contribution in [3.63, 3.8) is 0 Å². The Bertz CT molecular complexity index is 225. The molecule has 0 spiro atoms. The fourth-order valence-corrected chi connectivity index (χ4v) is 2.74. The molecule has 1 saturated carbocycles. The van der Waals surface area contributed by atoms with Crippen molar-refractivity contribution in [1.82, 2.24) is 4.90 Å². The van der Waals surface area contributed by atoms with E-state index in [2.05, 4.69) is 11.9 Å². The summed E-state index contributed by atoms with van der Waals surface area (Å²) in [7, 11) is 2.10. The van der Waals surface area contributed by atoms with Crippen LogP contribution in [0, 0.1) is 17.8 Å². The first-order valence-electron chi connectivity index (χ1n) is 5.60. The van der Waals surface area contributed by atoms with Gasteiger partial charge in [-0.15, -0.1) is 0 Å². The minimum Gasteiger partial charge on any atom is -0.481 e. The zero-order valence-corrected chi connectivity index (χ0v) is 8.78. The van der Waals surface area contributed by atoms with Gasteiger partial charge in [-0.05, 0) is 51.1 Å².